The van der Waals surface area contributed by atoms with E-state index in [4.69, 9.17) is 4.74 Å². The molecule has 2 atom stereocenters. The predicted octanol–water partition coefficient (Wildman–Crippen LogP) is 1.78. The monoisotopic (exact) mass is 273 g/mol. The molecule has 0 amide bonds. The molecule has 2 unspecified atom stereocenters. The second-order valence-corrected chi connectivity index (χ2v) is 5.61. The minimum Gasteiger partial charge on any atom is -0.460 e. The zero-order chi connectivity index (χ0) is 13.9. The van der Waals surface area contributed by atoms with Crippen molar-refractivity contribution >= 4 is 11.8 Å². The molecule has 0 spiro atoms. The molecule has 0 radical (unpaired) electrons. The molecule has 106 valence electrons. The lowest BCUT2D eigenvalue weighted by Gasteiger charge is -2.32. The van der Waals surface area contributed by atoms with Crippen LogP contribution in [0, 0.1) is 5.92 Å². The molecule has 2 aliphatic heterocycles. The summed E-state index contributed by atoms with van der Waals surface area (Å²) in [5, 5.41) is 0. The van der Waals surface area contributed by atoms with Crippen LogP contribution in [0.4, 0.5) is 0 Å². The third-order valence-corrected chi connectivity index (χ3v) is 4.25. The van der Waals surface area contributed by atoms with Crippen molar-refractivity contribution < 1.29 is 14.3 Å². The van der Waals surface area contributed by atoms with E-state index in [1.807, 2.05) is 30.3 Å². The molecule has 20 heavy (non-hydrogen) atoms. The molecular formula is C16H19NO3. The van der Waals surface area contributed by atoms with Crippen LogP contribution in [0.25, 0.3) is 0 Å². The maximum Gasteiger partial charge on any atom is 0.318 e. The molecule has 0 saturated carbocycles. The first-order valence-electron chi connectivity index (χ1n) is 7.21. The lowest BCUT2D eigenvalue weighted by Crippen LogP contribution is -2.47. The van der Waals surface area contributed by atoms with Gasteiger partial charge < -0.3 is 4.74 Å². The first-order chi connectivity index (χ1) is 9.74. The van der Waals surface area contributed by atoms with Crippen molar-refractivity contribution in [2.24, 2.45) is 5.92 Å². The highest BCUT2D eigenvalue weighted by atomic mass is 16.5. The van der Waals surface area contributed by atoms with Gasteiger partial charge in [-0.05, 0) is 24.9 Å². The number of benzene rings is 1. The molecule has 4 nitrogen and oxygen atoms in total. The van der Waals surface area contributed by atoms with Gasteiger partial charge in [0.1, 0.15) is 18.3 Å². The van der Waals surface area contributed by atoms with E-state index >= 15 is 0 Å². The number of ketones is 1. The smallest absolute Gasteiger partial charge is 0.318 e. The van der Waals surface area contributed by atoms with E-state index in [0.29, 0.717) is 19.0 Å². The van der Waals surface area contributed by atoms with Crippen LogP contribution >= 0.6 is 0 Å². The number of ether oxygens (including phenoxy) is 1. The fourth-order valence-electron chi connectivity index (χ4n) is 3.11. The molecule has 0 aromatic heterocycles. The molecule has 1 aromatic rings. The Morgan fingerprint density at radius 3 is 2.90 bits per heavy atom. The van der Waals surface area contributed by atoms with Gasteiger partial charge in [0.2, 0.25) is 0 Å². The number of Topliss-reactive ketones (excluding diaryl/α,β-unsaturated/α-hetero) is 1. The standard InChI is InChI=1S/C16H19NO3/c18-15-9-13-7-4-8-17(13)10-14(15)16(19)20-11-12-5-2-1-3-6-12/h1-3,5-6,13-14H,4,7-11H2. The number of nitrogens with zero attached hydrogens (tertiary/aromatic N) is 1. The van der Waals surface area contributed by atoms with Gasteiger partial charge in [0.25, 0.3) is 0 Å². The average molecular weight is 273 g/mol. The van der Waals surface area contributed by atoms with E-state index in [1.54, 1.807) is 0 Å². The summed E-state index contributed by atoms with van der Waals surface area (Å²) >= 11 is 0. The van der Waals surface area contributed by atoms with E-state index in [-0.39, 0.29) is 18.4 Å². The van der Waals surface area contributed by atoms with E-state index in [2.05, 4.69) is 4.90 Å². The lowest BCUT2D eigenvalue weighted by atomic mass is 9.92. The van der Waals surface area contributed by atoms with Crippen LogP contribution in [0.2, 0.25) is 0 Å². The van der Waals surface area contributed by atoms with Gasteiger partial charge >= 0.3 is 5.97 Å². The maximum absolute atomic E-state index is 12.1. The van der Waals surface area contributed by atoms with Crippen LogP contribution in [-0.4, -0.2) is 35.8 Å². The second kappa shape index (κ2) is 5.75. The minimum absolute atomic E-state index is 0.0474. The van der Waals surface area contributed by atoms with Gasteiger partial charge in [-0.2, -0.15) is 0 Å². The van der Waals surface area contributed by atoms with E-state index in [0.717, 1.165) is 24.9 Å². The number of esters is 1. The molecule has 0 bridgehead atoms. The number of rotatable bonds is 3. The average Bonchev–Trinajstić information content (AvgIpc) is 2.92. The molecule has 0 N–H and O–H groups in total. The molecular weight excluding hydrogens is 254 g/mol. The SMILES string of the molecule is O=C1CC2CCCN2CC1C(=O)OCc1ccccc1. The van der Waals surface area contributed by atoms with Gasteiger partial charge in [-0.25, -0.2) is 0 Å². The molecule has 3 rings (SSSR count). The zero-order valence-corrected chi connectivity index (χ0v) is 11.5. The Hall–Kier alpha value is -1.68. The summed E-state index contributed by atoms with van der Waals surface area (Å²) in [7, 11) is 0. The third-order valence-electron chi connectivity index (χ3n) is 4.25. The van der Waals surface area contributed by atoms with Crippen LogP contribution in [0.15, 0.2) is 30.3 Å². The Morgan fingerprint density at radius 1 is 1.30 bits per heavy atom. The number of hydrogen-bond donors (Lipinski definition) is 0. The van der Waals surface area contributed by atoms with Crippen molar-refractivity contribution in [2.45, 2.75) is 31.9 Å². The summed E-state index contributed by atoms with van der Waals surface area (Å²) in [4.78, 5) is 26.4. The summed E-state index contributed by atoms with van der Waals surface area (Å²) in [6, 6.07) is 9.91. The molecule has 1 aromatic carbocycles. The Kier molecular flexibility index (Phi) is 3.83. The molecule has 2 saturated heterocycles. The van der Waals surface area contributed by atoms with Crippen molar-refractivity contribution in [2.75, 3.05) is 13.1 Å². The topological polar surface area (TPSA) is 46.6 Å². The fourth-order valence-corrected chi connectivity index (χ4v) is 3.11. The van der Waals surface area contributed by atoms with Crippen molar-refractivity contribution in [3.8, 4) is 0 Å². The molecule has 2 aliphatic rings. The van der Waals surface area contributed by atoms with Gasteiger partial charge in [0.05, 0.1) is 0 Å². The van der Waals surface area contributed by atoms with E-state index in [1.165, 1.54) is 0 Å². The predicted molar refractivity (Wildman–Crippen MR) is 73.9 cm³/mol. The Bertz CT molecular complexity index is 500. The normalized spacial score (nSPS) is 26.3. The van der Waals surface area contributed by atoms with Crippen LogP contribution in [0.5, 0.6) is 0 Å². The fraction of sp³-hybridized carbons (Fsp3) is 0.500. The summed E-state index contributed by atoms with van der Waals surface area (Å²) < 4.78 is 5.30. The minimum atomic E-state index is -0.590. The largest absolute Gasteiger partial charge is 0.460 e. The Balaban J connectivity index is 1.58. The number of carbonyl (C=O) groups excluding carboxylic acids is 2. The van der Waals surface area contributed by atoms with Crippen molar-refractivity contribution in [1.29, 1.82) is 0 Å². The van der Waals surface area contributed by atoms with Crippen LogP contribution in [-0.2, 0) is 20.9 Å². The summed E-state index contributed by atoms with van der Waals surface area (Å²) in [6.45, 7) is 1.78. The van der Waals surface area contributed by atoms with Gasteiger partial charge in [-0.3, -0.25) is 14.5 Å². The number of fused-ring (bicyclic) bond motifs is 1. The highest BCUT2D eigenvalue weighted by Crippen LogP contribution is 2.28. The van der Waals surface area contributed by atoms with Gasteiger partial charge in [-0.1, -0.05) is 30.3 Å². The second-order valence-electron chi connectivity index (χ2n) is 5.61. The van der Waals surface area contributed by atoms with Crippen molar-refractivity contribution in [3.05, 3.63) is 35.9 Å². The molecule has 2 heterocycles. The van der Waals surface area contributed by atoms with Crippen LogP contribution in [0.1, 0.15) is 24.8 Å². The highest BCUT2D eigenvalue weighted by Gasteiger charge is 2.40. The molecule has 2 fully saturated rings. The molecule has 4 heteroatoms. The van der Waals surface area contributed by atoms with Gasteiger partial charge in [0, 0.05) is 19.0 Å². The van der Waals surface area contributed by atoms with Crippen molar-refractivity contribution in [3.63, 3.8) is 0 Å². The Morgan fingerprint density at radius 2 is 2.10 bits per heavy atom. The first-order valence-corrected chi connectivity index (χ1v) is 7.21. The zero-order valence-electron chi connectivity index (χ0n) is 11.5. The lowest BCUT2D eigenvalue weighted by molar-refractivity contribution is -0.156. The quantitative estimate of drug-likeness (QED) is 0.622. The summed E-state index contributed by atoms with van der Waals surface area (Å²) in [5.74, 6) is -0.913. The van der Waals surface area contributed by atoms with E-state index < -0.39 is 5.92 Å². The Labute approximate surface area is 118 Å². The first kappa shape index (κ1) is 13.3. The summed E-state index contributed by atoms with van der Waals surface area (Å²) in [6.07, 6.45) is 2.71. The van der Waals surface area contributed by atoms with Crippen LogP contribution in [0.3, 0.4) is 0 Å². The van der Waals surface area contributed by atoms with Gasteiger partial charge in [-0.15, -0.1) is 0 Å². The highest BCUT2D eigenvalue weighted by molar-refractivity contribution is 6.00. The summed E-state index contributed by atoms with van der Waals surface area (Å²) in [5.41, 5.74) is 0.947. The molecule has 0 aliphatic carbocycles. The van der Waals surface area contributed by atoms with E-state index in [9.17, 15) is 9.59 Å². The number of piperidine rings is 1. The number of carbonyl (C=O) groups is 2. The van der Waals surface area contributed by atoms with Gasteiger partial charge in [0.15, 0.2) is 0 Å². The maximum atomic E-state index is 12.1. The van der Waals surface area contributed by atoms with Crippen molar-refractivity contribution in [1.82, 2.24) is 4.90 Å². The number of hydrogen-bond acceptors (Lipinski definition) is 4. The van der Waals surface area contributed by atoms with Crippen LogP contribution < -0.4 is 0 Å². The third kappa shape index (κ3) is 2.75.